The Labute approximate surface area is 77.0 Å². The van der Waals surface area contributed by atoms with Gasteiger partial charge in [0.05, 0.1) is 13.2 Å². The van der Waals surface area contributed by atoms with Gasteiger partial charge in [0.25, 0.3) is 5.56 Å². The Kier molecular flexibility index (Phi) is 3.15. The van der Waals surface area contributed by atoms with Gasteiger partial charge in [0.1, 0.15) is 0 Å². The van der Waals surface area contributed by atoms with Gasteiger partial charge in [-0.05, 0) is 19.1 Å². The zero-order valence-electron chi connectivity index (χ0n) is 7.49. The number of ether oxygens (including phenoxy) is 1. The van der Waals surface area contributed by atoms with Crippen molar-refractivity contribution in [3.63, 3.8) is 0 Å². The average molecular weight is 177 g/mol. The second-order valence-corrected chi connectivity index (χ2v) is 2.44. The van der Waals surface area contributed by atoms with Crippen LogP contribution in [-0.2, 0) is 6.54 Å². The van der Waals surface area contributed by atoms with Crippen molar-refractivity contribution in [3.8, 4) is 18.1 Å². The zero-order chi connectivity index (χ0) is 9.68. The van der Waals surface area contributed by atoms with Gasteiger partial charge in [-0.2, -0.15) is 0 Å². The molecule has 0 saturated heterocycles. The van der Waals surface area contributed by atoms with Gasteiger partial charge >= 0.3 is 0 Å². The van der Waals surface area contributed by atoms with Crippen molar-refractivity contribution in [1.29, 1.82) is 0 Å². The van der Waals surface area contributed by atoms with Crippen LogP contribution in [0.25, 0.3) is 0 Å². The summed E-state index contributed by atoms with van der Waals surface area (Å²) in [7, 11) is 0. The van der Waals surface area contributed by atoms with Gasteiger partial charge in [-0.3, -0.25) is 4.79 Å². The van der Waals surface area contributed by atoms with E-state index in [-0.39, 0.29) is 12.1 Å². The second kappa shape index (κ2) is 4.36. The SMILES string of the molecule is C#CCn1cccc(OCC)c1=O. The summed E-state index contributed by atoms with van der Waals surface area (Å²) in [5.41, 5.74) is -0.178. The Balaban J connectivity index is 3.05. The summed E-state index contributed by atoms with van der Waals surface area (Å²) in [5, 5.41) is 0. The van der Waals surface area contributed by atoms with Gasteiger partial charge < -0.3 is 9.30 Å². The van der Waals surface area contributed by atoms with Gasteiger partial charge in [0.2, 0.25) is 0 Å². The molecule has 1 aromatic heterocycles. The number of rotatable bonds is 3. The van der Waals surface area contributed by atoms with Crippen LogP contribution >= 0.6 is 0 Å². The number of nitrogens with zero attached hydrogens (tertiary/aromatic N) is 1. The van der Waals surface area contributed by atoms with E-state index in [1.165, 1.54) is 4.57 Å². The fraction of sp³-hybridized carbons (Fsp3) is 0.300. The van der Waals surface area contributed by atoms with Crippen LogP contribution in [0.1, 0.15) is 6.92 Å². The normalized spacial score (nSPS) is 9.23. The highest BCUT2D eigenvalue weighted by Crippen LogP contribution is 2.00. The van der Waals surface area contributed by atoms with Crippen LogP contribution in [0.2, 0.25) is 0 Å². The number of aromatic nitrogens is 1. The van der Waals surface area contributed by atoms with E-state index < -0.39 is 0 Å². The smallest absolute Gasteiger partial charge is 0.293 e. The predicted molar refractivity (Wildman–Crippen MR) is 50.7 cm³/mol. The Bertz CT molecular complexity index is 373. The monoisotopic (exact) mass is 177 g/mol. The first kappa shape index (κ1) is 9.40. The van der Waals surface area contributed by atoms with E-state index in [4.69, 9.17) is 11.2 Å². The molecule has 0 unspecified atom stereocenters. The van der Waals surface area contributed by atoms with Crippen LogP contribution in [0, 0.1) is 12.3 Å². The van der Waals surface area contributed by atoms with Crippen molar-refractivity contribution in [1.82, 2.24) is 4.57 Å². The van der Waals surface area contributed by atoms with E-state index in [1.54, 1.807) is 18.3 Å². The Morgan fingerprint density at radius 2 is 2.46 bits per heavy atom. The third kappa shape index (κ3) is 2.12. The summed E-state index contributed by atoms with van der Waals surface area (Å²) in [5.74, 6) is 2.75. The van der Waals surface area contributed by atoms with Crippen LogP contribution in [-0.4, -0.2) is 11.2 Å². The standard InChI is InChI=1S/C10H11NO2/c1-3-7-11-8-5-6-9(10(11)12)13-4-2/h1,5-6,8H,4,7H2,2H3. The van der Waals surface area contributed by atoms with Gasteiger partial charge in [-0.25, -0.2) is 0 Å². The molecule has 0 aliphatic rings. The molecule has 1 aromatic rings. The quantitative estimate of drug-likeness (QED) is 0.642. The minimum Gasteiger partial charge on any atom is -0.488 e. The molecule has 1 rings (SSSR count). The Morgan fingerprint density at radius 3 is 3.08 bits per heavy atom. The minimum absolute atomic E-state index is 0.178. The van der Waals surface area contributed by atoms with Crippen molar-refractivity contribution >= 4 is 0 Å². The van der Waals surface area contributed by atoms with E-state index in [2.05, 4.69) is 5.92 Å². The van der Waals surface area contributed by atoms with Crippen LogP contribution in [0.3, 0.4) is 0 Å². The number of pyridine rings is 1. The minimum atomic E-state index is -0.178. The molecule has 0 atom stereocenters. The molecule has 68 valence electrons. The molecule has 1 heterocycles. The number of terminal acetylenes is 1. The molecule has 0 spiro atoms. The maximum Gasteiger partial charge on any atom is 0.293 e. The summed E-state index contributed by atoms with van der Waals surface area (Å²) in [6.07, 6.45) is 6.75. The molecular formula is C10H11NO2. The summed E-state index contributed by atoms with van der Waals surface area (Å²) in [6.45, 7) is 2.59. The summed E-state index contributed by atoms with van der Waals surface area (Å²) in [6, 6.07) is 3.38. The molecule has 0 aliphatic carbocycles. The van der Waals surface area contributed by atoms with Gasteiger partial charge in [0, 0.05) is 6.20 Å². The van der Waals surface area contributed by atoms with Crippen LogP contribution in [0.4, 0.5) is 0 Å². The van der Waals surface area contributed by atoms with Crippen molar-refractivity contribution in [2.75, 3.05) is 6.61 Å². The summed E-state index contributed by atoms with van der Waals surface area (Å²) >= 11 is 0. The predicted octanol–water partition coefficient (Wildman–Crippen LogP) is 0.880. The fourth-order valence-corrected chi connectivity index (χ4v) is 1.00. The van der Waals surface area contributed by atoms with Crippen LogP contribution in [0.15, 0.2) is 23.1 Å². The van der Waals surface area contributed by atoms with E-state index in [0.717, 1.165) is 0 Å². The average Bonchev–Trinajstić information content (AvgIpc) is 2.13. The van der Waals surface area contributed by atoms with E-state index >= 15 is 0 Å². The molecule has 0 aromatic carbocycles. The molecule has 0 fully saturated rings. The molecule has 13 heavy (non-hydrogen) atoms. The van der Waals surface area contributed by atoms with Crippen molar-refractivity contribution in [2.24, 2.45) is 0 Å². The first-order valence-electron chi connectivity index (χ1n) is 4.05. The Hall–Kier alpha value is -1.69. The third-order valence-electron chi connectivity index (χ3n) is 1.55. The van der Waals surface area contributed by atoms with Gasteiger partial charge in [-0.15, -0.1) is 6.42 Å². The first-order chi connectivity index (χ1) is 6.29. The van der Waals surface area contributed by atoms with E-state index in [0.29, 0.717) is 12.4 Å². The van der Waals surface area contributed by atoms with Crippen LogP contribution in [0.5, 0.6) is 5.75 Å². The lowest BCUT2D eigenvalue weighted by Crippen LogP contribution is -2.20. The maximum absolute atomic E-state index is 11.5. The van der Waals surface area contributed by atoms with Crippen molar-refractivity contribution < 1.29 is 4.74 Å². The first-order valence-corrected chi connectivity index (χ1v) is 4.05. The molecule has 0 saturated carbocycles. The van der Waals surface area contributed by atoms with Crippen LogP contribution < -0.4 is 10.3 Å². The van der Waals surface area contributed by atoms with Gasteiger partial charge in [-0.1, -0.05) is 5.92 Å². The van der Waals surface area contributed by atoms with Crippen molar-refractivity contribution in [2.45, 2.75) is 13.5 Å². The lowest BCUT2D eigenvalue weighted by molar-refractivity contribution is 0.332. The molecule has 3 nitrogen and oxygen atoms in total. The summed E-state index contributed by atoms with van der Waals surface area (Å²) < 4.78 is 6.56. The molecule has 0 amide bonds. The summed E-state index contributed by atoms with van der Waals surface area (Å²) in [4.78, 5) is 11.5. The molecular weight excluding hydrogens is 166 g/mol. The molecule has 0 N–H and O–H groups in total. The highest BCUT2D eigenvalue weighted by atomic mass is 16.5. The Morgan fingerprint density at radius 1 is 1.69 bits per heavy atom. The molecule has 0 aliphatic heterocycles. The maximum atomic E-state index is 11.5. The molecule has 0 radical (unpaired) electrons. The highest BCUT2D eigenvalue weighted by Gasteiger charge is 2.01. The third-order valence-corrected chi connectivity index (χ3v) is 1.55. The topological polar surface area (TPSA) is 31.2 Å². The zero-order valence-corrected chi connectivity index (χ0v) is 7.49. The fourth-order valence-electron chi connectivity index (χ4n) is 1.00. The number of hydrogen-bond donors (Lipinski definition) is 0. The lowest BCUT2D eigenvalue weighted by Gasteiger charge is -2.04. The van der Waals surface area contributed by atoms with E-state index in [1.807, 2.05) is 6.92 Å². The number of hydrogen-bond acceptors (Lipinski definition) is 2. The van der Waals surface area contributed by atoms with Crippen molar-refractivity contribution in [3.05, 3.63) is 28.7 Å². The largest absolute Gasteiger partial charge is 0.488 e. The lowest BCUT2D eigenvalue weighted by atomic mass is 10.4. The second-order valence-electron chi connectivity index (χ2n) is 2.44. The molecule has 3 heteroatoms. The van der Waals surface area contributed by atoms with Gasteiger partial charge in [0.15, 0.2) is 5.75 Å². The highest BCUT2D eigenvalue weighted by molar-refractivity contribution is 5.17. The van der Waals surface area contributed by atoms with E-state index in [9.17, 15) is 4.79 Å². The molecule has 0 bridgehead atoms.